The summed E-state index contributed by atoms with van der Waals surface area (Å²) in [5, 5.41) is 11.0. The van der Waals surface area contributed by atoms with Crippen LogP contribution in [0, 0.1) is 5.92 Å². The fourth-order valence-electron chi connectivity index (χ4n) is 3.49. The van der Waals surface area contributed by atoms with Crippen LogP contribution in [0.1, 0.15) is 49.5 Å². The molecule has 1 aromatic carbocycles. The van der Waals surface area contributed by atoms with Gasteiger partial charge in [0.15, 0.2) is 5.69 Å². The molecule has 1 amide bonds. The third kappa shape index (κ3) is 4.15. The molecule has 0 spiro atoms. The standard InChI is InChI=1S/C19H28N4O/c1-2-3-12-23-13-9-15(10-14-23)8-11-20-19(24)18-16-6-4-5-7-17(16)21-22-18/h4-7,15H,2-3,8-14H2,1H3,(H,20,24)(H,21,22). The Morgan fingerprint density at radius 2 is 2.12 bits per heavy atom. The molecule has 2 aromatic rings. The Kier molecular flexibility index (Phi) is 5.86. The second-order valence-electron chi connectivity index (χ2n) is 6.80. The maximum atomic E-state index is 12.3. The minimum Gasteiger partial charge on any atom is -0.351 e. The molecular formula is C19H28N4O. The van der Waals surface area contributed by atoms with Gasteiger partial charge in [0.05, 0.1) is 5.52 Å². The van der Waals surface area contributed by atoms with Gasteiger partial charge in [-0.05, 0) is 57.3 Å². The number of carbonyl (C=O) groups is 1. The second kappa shape index (κ2) is 8.29. The summed E-state index contributed by atoms with van der Waals surface area (Å²) in [6.07, 6.45) is 6.15. The quantitative estimate of drug-likeness (QED) is 0.820. The normalized spacial score (nSPS) is 16.5. The molecule has 0 saturated carbocycles. The average molecular weight is 328 g/mol. The topological polar surface area (TPSA) is 61.0 Å². The number of benzene rings is 1. The SMILES string of the molecule is CCCCN1CCC(CCNC(=O)c2n[nH]c3ccccc23)CC1. The number of aromatic nitrogens is 2. The Morgan fingerprint density at radius 3 is 2.92 bits per heavy atom. The average Bonchev–Trinajstić information content (AvgIpc) is 3.05. The summed E-state index contributed by atoms with van der Waals surface area (Å²) in [5.41, 5.74) is 1.40. The zero-order valence-corrected chi connectivity index (χ0v) is 14.6. The summed E-state index contributed by atoms with van der Waals surface area (Å²) in [4.78, 5) is 14.9. The molecule has 5 nitrogen and oxygen atoms in total. The number of nitrogens with zero attached hydrogens (tertiary/aromatic N) is 2. The van der Waals surface area contributed by atoms with Crippen molar-refractivity contribution in [3.8, 4) is 0 Å². The van der Waals surface area contributed by atoms with E-state index < -0.39 is 0 Å². The molecule has 24 heavy (non-hydrogen) atoms. The number of aromatic amines is 1. The van der Waals surface area contributed by atoms with Gasteiger partial charge in [-0.25, -0.2) is 0 Å². The first-order chi connectivity index (χ1) is 11.8. The second-order valence-corrected chi connectivity index (χ2v) is 6.80. The zero-order valence-electron chi connectivity index (χ0n) is 14.6. The monoisotopic (exact) mass is 328 g/mol. The highest BCUT2D eigenvalue weighted by Gasteiger charge is 2.19. The van der Waals surface area contributed by atoms with E-state index in [0.717, 1.165) is 29.8 Å². The van der Waals surface area contributed by atoms with Crippen molar-refractivity contribution >= 4 is 16.8 Å². The molecule has 1 saturated heterocycles. The van der Waals surface area contributed by atoms with Crippen LogP contribution in [-0.2, 0) is 0 Å². The van der Waals surface area contributed by atoms with E-state index in [1.165, 1.54) is 45.3 Å². The maximum Gasteiger partial charge on any atom is 0.272 e. The molecule has 0 bridgehead atoms. The minimum absolute atomic E-state index is 0.0761. The third-order valence-electron chi connectivity index (χ3n) is 5.06. The number of rotatable bonds is 7. The summed E-state index contributed by atoms with van der Waals surface area (Å²) in [7, 11) is 0. The van der Waals surface area contributed by atoms with Gasteiger partial charge in [-0.3, -0.25) is 9.89 Å². The van der Waals surface area contributed by atoms with Crippen LogP contribution in [0.15, 0.2) is 24.3 Å². The van der Waals surface area contributed by atoms with Gasteiger partial charge in [0.2, 0.25) is 0 Å². The van der Waals surface area contributed by atoms with E-state index in [0.29, 0.717) is 5.69 Å². The predicted octanol–water partition coefficient (Wildman–Crippen LogP) is 3.19. The van der Waals surface area contributed by atoms with Gasteiger partial charge in [0.25, 0.3) is 5.91 Å². The molecule has 1 aromatic heterocycles. The number of fused-ring (bicyclic) bond motifs is 1. The molecule has 0 unspecified atom stereocenters. The van der Waals surface area contributed by atoms with Crippen LogP contribution in [0.3, 0.4) is 0 Å². The molecule has 130 valence electrons. The Balaban J connectivity index is 1.41. The summed E-state index contributed by atoms with van der Waals surface area (Å²) in [6.45, 7) is 6.65. The molecule has 0 radical (unpaired) electrons. The van der Waals surface area contributed by atoms with Gasteiger partial charge < -0.3 is 10.2 Å². The number of unbranched alkanes of at least 4 members (excludes halogenated alkanes) is 1. The lowest BCUT2D eigenvalue weighted by molar-refractivity contribution is 0.0944. The van der Waals surface area contributed by atoms with Gasteiger partial charge in [0, 0.05) is 11.9 Å². The van der Waals surface area contributed by atoms with Crippen LogP contribution in [0.25, 0.3) is 10.9 Å². The number of H-pyrrole nitrogens is 1. The smallest absolute Gasteiger partial charge is 0.272 e. The number of amides is 1. The van der Waals surface area contributed by atoms with Gasteiger partial charge in [-0.1, -0.05) is 31.5 Å². The Morgan fingerprint density at radius 1 is 1.33 bits per heavy atom. The molecule has 2 N–H and O–H groups in total. The molecule has 5 heteroatoms. The van der Waals surface area contributed by atoms with E-state index in [1.54, 1.807) is 0 Å². The molecule has 2 heterocycles. The van der Waals surface area contributed by atoms with Crippen molar-refractivity contribution in [2.45, 2.75) is 39.0 Å². The molecule has 1 fully saturated rings. The van der Waals surface area contributed by atoms with Crippen molar-refractivity contribution in [3.63, 3.8) is 0 Å². The van der Waals surface area contributed by atoms with E-state index in [9.17, 15) is 4.79 Å². The van der Waals surface area contributed by atoms with Gasteiger partial charge in [-0.2, -0.15) is 5.10 Å². The van der Waals surface area contributed by atoms with E-state index in [1.807, 2.05) is 24.3 Å². The first-order valence-electron chi connectivity index (χ1n) is 9.21. The van der Waals surface area contributed by atoms with Crippen LogP contribution >= 0.6 is 0 Å². The number of nitrogens with one attached hydrogen (secondary N) is 2. The van der Waals surface area contributed by atoms with Crippen molar-refractivity contribution in [2.75, 3.05) is 26.2 Å². The van der Waals surface area contributed by atoms with Crippen LogP contribution in [0.2, 0.25) is 0 Å². The molecule has 0 aliphatic carbocycles. The highest BCUT2D eigenvalue weighted by molar-refractivity contribution is 6.04. The van der Waals surface area contributed by atoms with E-state index >= 15 is 0 Å². The summed E-state index contributed by atoms with van der Waals surface area (Å²) < 4.78 is 0. The highest BCUT2D eigenvalue weighted by Crippen LogP contribution is 2.20. The van der Waals surface area contributed by atoms with Gasteiger partial charge >= 0.3 is 0 Å². The first-order valence-corrected chi connectivity index (χ1v) is 9.21. The molecule has 1 aliphatic rings. The minimum atomic E-state index is -0.0761. The number of para-hydroxylation sites is 1. The van der Waals surface area contributed by atoms with Gasteiger partial charge in [-0.15, -0.1) is 0 Å². The summed E-state index contributed by atoms with van der Waals surface area (Å²) in [6, 6.07) is 7.74. The number of hydrogen-bond donors (Lipinski definition) is 2. The third-order valence-corrected chi connectivity index (χ3v) is 5.06. The van der Waals surface area contributed by atoms with E-state index in [-0.39, 0.29) is 5.91 Å². The number of likely N-dealkylation sites (tertiary alicyclic amines) is 1. The summed E-state index contributed by atoms with van der Waals surface area (Å²) in [5.74, 6) is 0.659. The first kappa shape index (κ1) is 17.0. The van der Waals surface area contributed by atoms with Crippen molar-refractivity contribution in [1.82, 2.24) is 20.4 Å². The number of carbonyl (C=O) groups excluding carboxylic acids is 1. The van der Waals surface area contributed by atoms with Crippen LogP contribution in [0.5, 0.6) is 0 Å². The predicted molar refractivity (Wildman–Crippen MR) is 97.1 cm³/mol. The fourth-order valence-corrected chi connectivity index (χ4v) is 3.49. The van der Waals surface area contributed by atoms with Crippen LogP contribution in [0.4, 0.5) is 0 Å². The Bertz CT molecular complexity index is 658. The number of piperidine rings is 1. The lowest BCUT2D eigenvalue weighted by Crippen LogP contribution is -2.35. The van der Waals surface area contributed by atoms with E-state index in [2.05, 4.69) is 27.3 Å². The van der Waals surface area contributed by atoms with Crippen molar-refractivity contribution < 1.29 is 4.79 Å². The molecule has 3 rings (SSSR count). The van der Waals surface area contributed by atoms with Crippen molar-refractivity contribution in [1.29, 1.82) is 0 Å². The summed E-state index contributed by atoms with van der Waals surface area (Å²) >= 11 is 0. The van der Waals surface area contributed by atoms with Gasteiger partial charge in [0.1, 0.15) is 0 Å². The highest BCUT2D eigenvalue weighted by atomic mass is 16.1. The maximum absolute atomic E-state index is 12.3. The van der Waals surface area contributed by atoms with E-state index in [4.69, 9.17) is 0 Å². The molecular weight excluding hydrogens is 300 g/mol. The van der Waals surface area contributed by atoms with Crippen LogP contribution in [-0.4, -0.2) is 47.2 Å². The molecule has 0 atom stereocenters. The Hall–Kier alpha value is -1.88. The number of hydrogen-bond acceptors (Lipinski definition) is 3. The zero-order chi connectivity index (χ0) is 16.8. The van der Waals surface area contributed by atoms with Crippen molar-refractivity contribution in [3.05, 3.63) is 30.0 Å². The fraction of sp³-hybridized carbons (Fsp3) is 0.579. The lowest BCUT2D eigenvalue weighted by Gasteiger charge is -2.31. The largest absolute Gasteiger partial charge is 0.351 e. The molecule has 1 aliphatic heterocycles. The van der Waals surface area contributed by atoms with Crippen molar-refractivity contribution in [2.24, 2.45) is 5.92 Å². The lowest BCUT2D eigenvalue weighted by atomic mass is 9.93. The van der Waals surface area contributed by atoms with Crippen LogP contribution < -0.4 is 5.32 Å². The Labute approximate surface area is 143 Å².